The van der Waals surface area contributed by atoms with Crippen molar-refractivity contribution >= 4 is 5.91 Å². The van der Waals surface area contributed by atoms with Crippen molar-refractivity contribution in [1.82, 2.24) is 10.3 Å². The first kappa shape index (κ1) is 15.0. The zero-order valence-electron chi connectivity index (χ0n) is 12.2. The van der Waals surface area contributed by atoms with Crippen LogP contribution in [0.4, 0.5) is 4.39 Å². The number of benzene rings is 1. The summed E-state index contributed by atoms with van der Waals surface area (Å²) >= 11 is 0. The molecule has 1 aromatic carbocycles. The fraction of sp³-hybridized carbons (Fsp3) is 0.250. The van der Waals surface area contributed by atoms with Gasteiger partial charge < -0.3 is 10.1 Å². The Hall–Kier alpha value is -2.43. The minimum absolute atomic E-state index is 0.0968. The number of halogens is 1. The van der Waals surface area contributed by atoms with Crippen LogP contribution in [-0.2, 0) is 0 Å². The summed E-state index contributed by atoms with van der Waals surface area (Å²) in [7, 11) is 1.40. The number of aryl methyl sites for hydroxylation is 1. The fourth-order valence-electron chi connectivity index (χ4n) is 2.18. The molecule has 0 bridgehead atoms. The fourth-order valence-corrected chi connectivity index (χ4v) is 2.18. The van der Waals surface area contributed by atoms with Crippen LogP contribution in [0.3, 0.4) is 0 Å². The Labute approximate surface area is 123 Å². The van der Waals surface area contributed by atoms with Crippen LogP contribution in [0.15, 0.2) is 36.5 Å². The van der Waals surface area contributed by atoms with Crippen LogP contribution in [0.5, 0.6) is 5.75 Å². The zero-order valence-corrected chi connectivity index (χ0v) is 12.2. The number of carbonyl (C=O) groups excluding carboxylic acids is 1. The lowest BCUT2D eigenvalue weighted by atomic mass is 10.1. The summed E-state index contributed by atoms with van der Waals surface area (Å²) in [4.78, 5) is 16.5. The number of carbonyl (C=O) groups is 1. The van der Waals surface area contributed by atoms with E-state index in [0.29, 0.717) is 0 Å². The van der Waals surface area contributed by atoms with E-state index >= 15 is 0 Å². The lowest BCUT2D eigenvalue weighted by Crippen LogP contribution is -2.28. The number of rotatable bonds is 4. The van der Waals surface area contributed by atoms with Crippen LogP contribution in [0, 0.1) is 12.7 Å². The Balaban J connectivity index is 2.25. The molecule has 0 spiro atoms. The molecule has 5 heteroatoms. The van der Waals surface area contributed by atoms with Gasteiger partial charge in [-0.2, -0.15) is 0 Å². The summed E-state index contributed by atoms with van der Waals surface area (Å²) < 4.78 is 18.9. The van der Waals surface area contributed by atoms with Crippen LogP contribution >= 0.6 is 0 Å². The predicted molar refractivity (Wildman–Crippen MR) is 77.8 cm³/mol. The number of hydrogen-bond acceptors (Lipinski definition) is 3. The number of nitrogens with zero attached hydrogens (tertiary/aromatic N) is 1. The van der Waals surface area contributed by atoms with E-state index in [-0.39, 0.29) is 17.4 Å². The summed E-state index contributed by atoms with van der Waals surface area (Å²) in [6.45, 7) is 3.72. The molecule has 0 radical (unpaired) electrons. The number of nitrogens with one attached hydrogen (secondary N) is 1. The van der Waals surface area contributed by atoms with Gasteiger partial charge in [-0.15, -0.1) is 0 Å². The van der Waals surface area contributed by atoms with Gasteiger partial charge in [0, 0.05) is 6.20 Å². The van der Waals surface area contributed by atoms with Gasteiger partial charge >= 0.3 is 0 Å². The third-order valence-corrected chi connectivity index (χ3v) is 3.23. The van der Waals surface area contributed by atoms with E-state index in [0.717, 1.165) is 11.3 Å². The maximum Gasteiger partial charge on any atom is 0.258 e. The second-order valence-corrected chi connectivity index (χ2v) is 4.72. The van der Waals surface area contributed by atoms with Gasteiger partial charge in [0.25, 0.3) is 5.91 Å². The molecule has 0 unspecified atom stereocenters. The highest BCUT2D eigenvalue weighted by Crippen LogP contribution is 2.22. The highest BCUT2D eigenvalue weighted by molar-refractivity contribution is 5.97. The van der Waals surface area contributed by atoms with Crippen LogP contribution in [0.25, 0.3) is 0 Å². The first-order valence-electron chi connectivity index (χ1n) is 6.59. The van der Waals surface area contributed by atoms with Crippen LogP contribution < -0.4 is 10.1 Å². The SMILES string of the molecule is COc1cccc(F)c1C(=O)N[C@@H](C)c1ncccc1C. The minimum Gasteiger partial charge on any atom is -0.496 e. The van der Waals surface area contributed by atoms with Gasteiger partial charge in [-0.1, -0.05) is 12.1 Å². The van der Waals surface area contributed by atoms with Crippen molar-refractivity contribution in [3.05, 3.63) is 59.2 Å². The molecule has 0 aliphatic carbocycles. The smallest absolute Gasteiger partial charge is 0.258 e. The Bertz CT molecular complexity index is 658. The van der Waals surface area contributed by atoms with Gasteiger partial charge in [0.1, 0.15) is 17.1 Å². The molecule has 1 aromatic heterocycles. The molecule has 1 heterocycles. The minimum atomic E-state index is -0.614. The molecule has 0 saturated carbocycles. The average Bonchev–Trinajstić information content (AvgIpc) is 2.46. The molecule has 1 atom stereocenters. The number of hydrogen-bond donors (Lipinski definition) is 1. The molecule has 1 amide bonds. The van der Waals surface area contributed by atoms with E-state index in [4.69, 9.17) is 4.74 Å². The van der Waals surface area contributed by atoms with Crippen LogP contribution in [0.1, 0.15) is 34.6 Å². The van der Waals surface area contributed by atoms with Gasteiger partial charge in [0.2, 0.25) is 0 Å². The number of aromatic nitrogens is 1. The zero-order chi connectivity index (χ0) is 15.4. The van der Waals surface area contributed by atoms with Crippen molar-refractivity contribution in [3.63, 3.8) is 0 Å². The van der Waals surface area contributed by atoms with Gasteiger partial charge in [0.05, 0.1) is 18.8 Å². The Morgan fingerprint density at radius 1 is 1.33 bits per heavy atom. The Kier molecular flexibility index (Phi) is 4.52. The largest absolute Gasteiger partial charge is 0.496 e. The van der Waals surface area contributed by atoms with E-state index in [1.165, 1.54) is 19.2 Å². The lowest BCUT2D eigenvalue weighted by molar-refractivity contribution is 0.0931. The van der Waals surface area contributed by atoms with Gasteiger partial charge in [-0.3, -0.25) is 9.78 Å². The molecular weight excluding hydrogens is 271 g/mol. The topological polar surface area (TPSA) is 51.2 Å². The molecule has 1 N–H and O–H groups in total. The molecule has 0 aliphatic heterocycles. The number of pyridine rings is 1. The number of methoxy groups -OCH3 is 1. The highest BCUT2D eigenvalue weighted by Gasteiger charge is 2.20. The first-order valence-corrected chi connectivity index (χ1v) is 6.59. The quantitative estimate of drug-likeness (QED) is 0.940. The van der Waals surface area contributed by atoms with Gasteiger partial charge in [-0.05, 0) is 37.6 Å². The molecule has 2 rings (SSSR count). The second-order valence-electron chi connectivity index (χ2n) is 4.72. The van der Waals surface area contributed by atoms with Gasteiger partial charge in [-0.25, -0.2) is 4.39 Å². The summed E-state index contributed by atoms with van der Waals surface area (Å²) in [6.07, 6.45) is 1.66. The molecule has 110 valence electrons. The molecule has 2 aromatic rings. The van der Waals surface area contributed by atoms with E-state index in [1.807, 2.05) is 19.1 Å². The van der Waals surface area contributed by atoms with E-state index in [2.05, 4.69) is 10.3 Å². The molecule has 21 heavy (non-hydrogen) atoms. The maximum absolute atomic E-state index is 13.9. The summed E-state index contributed by atoms with van der Waals surface area (Å²) in [6, 6.07) is 7.69. The normalized spacial score (nSPS) is 11.8. The lowest BCUT2D eigenvalue weighted by Gasteiger charge is -2.16. The third-order valence-electron chi connectivity index (χ3n) is 3.23. The summed E-state index contributed by atoms with van der Waals surface area (Å²) in [5.41, 5.74) is 1.62. The van der Waals surface area contributed by atoms with Crippen molar-refractivity contribution in [2.75, 3.05) is 7.11 Å². The van der Waals surface area contributed by atoms with Gasteiger partial charge in [0.15, 0.2) is 0 Å². The standard InChI is InChI=1S/C16H17FN2O2/c1-10-6-5-9-18-15(10)11(2)19-16(20)14-12(17)7-4-8-13(14)21-3/h4-9,11H,1-3H3,(H,19,20)/t11-/m0/s1. The van der Waals surface area contributed by atoms with Crippen LogP contribution in [-0.4, -0.2) is 18.0 Å². The Morgan fingerprint density at radius 3 is 2.76 bits per heavy atom. The van der Waals surface area contributed by atoms with Crippen LogP contribution in [0.2, 0.25) is 0 Å². The van der Waals surface area contributed by atoms with E-state index < -0.39 is 11.7 Å². The van der Waals surface area contributed by atoms with Crippen molar-refractivity contribution in [2.45, 2.75) is 19.9 Å². The van der Waals surface area contributed by atoms with Crippen molar-refractivity contribution in [2.24, 2.45) is 0 Å². The van der Waals surface area contributed by atoms with E-state index in [9.17, 15) is 9.18 Å². The molecule has 4 nitrogen and oxygen atoms in total. The van der Waals surface area contributed by atoms with Crippen molar-refractivity contribution in [1.29, 1.82) is 0 Å². The Morgan fingerprint density at radius 2 is 2.10 bits per heavy atom. The third kappa shape index (κ3) is 3.18. The summed E-state index contributed by atoms with van der Waals surface area (Å²) in [5, 5.41) is 2.75. The van der Waals surface area contributed by atoms with Crippen molar-refractivity contribution in [3.8, 4) is 5.75 Å². The maximum atomic E-state index is 13.9. The predicted octanol–water partition coefficient (Wildman–Crippen LogP) is 3.03. The molecule has 0 fully saturated rings. The van der Waals surface area contributed by atoms with Crippen molar-refractivity contribution < 1.29 is 13.9 Å². The first-order chi connectivity index (χ1) is 10.0. The number of ether oxygens (including phenoxy) is 1. The average molecular weight is 288 g/mol. The summed E-state index contributed by atoms with van der Waals surface area (Å²) in [5.74, 6) is -0.934. The molecule has 0 aliphatic rings. The number of amides is 1. The molecule has 0 saturated heterocycles. The van der Waals surface area contributed by atoms with E-state index in [1.54, 1.807) is 19.2 Å². The second kappa shape index (κ2) is 6.35. The monoisotopic (exact) mass is 288 g/mol. The molecular formula is C16H17FN2O2. The highest BCUT2D eigenvalue weighted by atomic mass is 19.1.